The first-order chi connectivity index (χ1) is 13.8. The van der Waals surface area contributed by atoms with Crippen molar-refractivity contribution in [1.29, 1.82) is 0 Å². The third kappa shape index (κ3) is 6.01. The number of carbonyl (C=O) groups excluding carboxylic acids is 2. The van der Waals surface area contributed by atoms with Gasteiger partial charge in [-0.15, -0.1) is 0 Å². The zero-order chi connectivity index (χ0) is 21.0. The lowest BCUT2D eigenvalue weighted by Gasteiger charge is -2.38. The summed E-state index contributed by atoms with van der Waals surface area (Å²) in [5.41, 5.74) is 3.04. The van der Waals surface area contributed by atoms with Gasteiger partial charge in [-0.25, -0.2) is 0 Å². The van der Waals surface area contributed by atoms with Crippen LogP contribution in [-0.2, 0) is 14.3 Å². The molecular formula is C22H34N4O3. The maximum absolute atomic E-state index is 12.7. The number of ether oxygens (including phenoxy) is 1. The van der Waals surface area contributed by atoms with Crippen LogP contribution in [0.2, 0.25) is 0 Å². The van der Waals surface area contributed by atoms with E-state index in [2.05, 4.69) is 29.0 Å². The van der Waals surface area contributed by atoms with E-state index in [1.165, 1.54) is 0 Å². The lowest BCUT2D eigenvalue weighted by Crippen LogP contribution is -2.54. The number of amides is 2. The maximum atomic E-state index is 12.7. The summed E-state index contributed by atoms with van der Waals surface area (Å²) < 4.78 is 5.74. The van der Waals surface area contributed by atoms with Gasteiger partial charge in [0.05, 0.1) is 25.3 Å². The van der Waals surface area contributed by atoms with Gasteiger partial charge in [0, 0.05) is 45.0 Å². The fraction of sp³-hybridized carbons (Fsp3) is 0.636. The molecule has 0 spiro atoms. The van der Waals surface area contributed by atoms with Crippen LogP contribution >= 0.6 is 0 Å². The molecular weight excluding hydrogens is 368 g/mol. The minimum atomic E-state index is -0.00142. The zero-order valence-corrected chi connectivity index (χ0v) is 18.1. The van der Waals surface area contributed by atoms with E-state index in [0.717, 1.165) is 43.0 Å². The summed E-state index contributed by atoms with van der Waals surface area (Å²) >= 11 is 0. The monoisotopic (exact) mass is 402 g/mol. The van der Waals surface area contributed by atoms with Crippen molar-refractivity contribution in [2.45, 2.75) is 39.9 Å². The van der Waals surface area contributed by atoms with E-state index in [4.69, 9.17) is 4.74 Å². The average Bonchev–Trinajstić information content (AvgIpc) is 2.64. The predicted molar refractivity (Wildman–Crippen MR) is 114 cm³/mol. The van der Waals surface area contributed by atoms with Crippen molar-refractivity contribution in [3.8, 4) is 0 Å². The molecule has 1 N–H and O–H groups in total. The molecule has 0 aromatic heterocycles. The number of hydrogen-bond donors (Lipinski definition) is 1. The number of piperazine rings is 1. The van der Waals surface area contributed by atoms with Crippen molar-refractivity contribution in [3.05, 3.63) is 29.3 Å². The average molecular weight is 403 g/mol. The van der Waals surface area contributed by atoms with E-state index in [1.54, 1.807) is 0 Å². The van der Waals surface area contributed by atoms with Gasteiger partial charge in [-0.2, -0.15) is 0 Å². The van der Waals surface area contributed by atoms with Crippen molar-refractivity contribution >= 4 is 17.5 Å². The van der Waals surface area contributed by atoms with E-state index in [9.17, 15) is 9.59 Å². The van der Waals surface area contributed by atoms with Crippen LogP contribution in [0.15, 0.2) is 18.2 Å². The van der Waals surface area contributed by atoms with Gasteiger partial charge in [0.25, 0.3) is 0 Å². The highest BCUT2D eigenvalue weighted by Crippen LogP contribution is 2.19. The van der Waals surface area contributed by atoms with E-state index >= 15 is 0 Å². The van der Waals surface area contributed by atoms with Crippen LogP contribution < -0.4 is 5.32 Å². The lowest BCUT2D eigenvalue weighted by atomic mass is 10.1. The van der Waals surface area contributed by atoms with E-state index in [1.807, 2.05) is 36.9 Å². The first kappa shape index (κ1) is 21.7. The van der Waals surface area contributed by atoms with Gasteiger partial charge < -0.3 is 15.0 Å². The SMILES string of the molecule is Cc1cccc(C)c1NC(=O)CN1CCN(C(=O)CN2CC(C)OC(C)C2)CC1. The molecule has 0 saturated carbocycles. The smallest absolute Gasteiger partial charge is 0.238 e. The predicted octanol–water partition coefficient (Wildman–Crippen LogP) is 1.50. The highest BCUT2D eigenvalue weighted by Gasteiger charge is 2.27. The molecule has 2 amide bonds. The number of aryl methyl sites for hydroxylation is 2. The standard InChI is InChI=1S/C22H34N4O3/c1-16-6-5-7-17(2)22(16)23-20(27)14-24-8-10-26(11-9-24)21(28)15-25-12-18(3)29-19(4)13-25/h5-7,18-19H,8-15H2,1-4H3,(H,23,27). The summed E-state index contributed by atoms with van der Waals surface area (Å²) in [6.07, 6.45) is 0.331. The molecule has 2 unspecified atom stereocenters. The number of nitrogens with zero attached hydrogens (tertiary/aromatic N) is 3. The highest BCUT2D eigenvalue weighted by molar-refractivity contribution is 5.93. The molecule has 1 aromatic rings. The van der Waals surface area contributed by atoms with Crippen LogP contribution in [-0.4, -0.2) is 91.1 Å². The van der Waals surface area contributed by atoms with E-state index in [-0.39, 0.29) is 24.0 Å². The van der Waals surface area contributed by atoms with Gasteiger partial charge in [-0.05, 0) is 38.8 Å². The molecule has 2 aliphatic rings. The molecule has 0 aliphatic carbocycles. The third-order valence-electron chi connectivity index (χ3n) is 5.69. The Bertz CT molecular complexity index is 701. The fourth-order valence-electron chi connectivity index (χ4n) is 4.25. The first-order valence-corrected chi connectivity index (χ1v) is 10.6. The largest absolute Gasteiger partial charge is 0.373 e. The van der Waals surface area contributed by atoms with Gasteiger partial charge >= 0.3 is 0 Å². The second-order valence-corrected chi connectivity index (χ2v) is 8.42. The molecule has 2 atom stereocenters. The van der Waals surface area contributed by atoms with Crippen LogP contribution in [0.3, 0.4) is 0 Å². The van der Waals surface area contributed by atoms with Gasteiger partial charge in [0.2, 0.25) is 11.8 Å². The van der Waals surface area contributed by atoms with Gasteiger partial charge in [0.15, 0.2) is 0 Å². The van der Waals surface area contributed by atoms with Crippen LogP contribution in [0.1, 0.15) is 25.0 Å². The molecule has 3 rings (SSSR count). The second kappa shape index (κ2) is 9.69. The third-order valence-corrected chi connectivity index (χ3v) is 5.69. The zero-order valence-electron chi connectivity index (χ0n) is 18.1. The van der Waals surface area contributed by atoms with Crippen LogP contribution in [0.25, 0.3) is 0 Å². The van der Waals surface area contributed by atoms with E-state index < -0.39 is 0 Å². The van der Waals surface area contributed by atoms with Gasteiger partial charge in [-0.3, -0.25) is 19.4 Å². The Morgan fingerprint density at radius 3 is 2.14 bits per heavy atom. The fourth-order valence-corrected chi connectivity index (χ4v) is 4.25. The summed E-state index contributed by atoms with van der Waals surface area (Å²) in [6.45, 7) is 13.3. The Morgan fingerprint density at radius 2 is 1.55 bits per heavy atom. The number of anilines is 1. The minimum absolute atomic E-state index is 0.00142. The number of nitrogens with one attached hydrogen (secondary N) is 1. The summed E-state index contributed by atoms with van der Waals surface area (Å²) in [6, 6.07) is 6.00. The second-order valence-electron chi connectivity index (χ2n) is 8.42. The Kier molecular flexibility index (Phi) is 7.27. The van der Waals surface area contributed by atoms with Crippen LogP contribution in [0, 0.1) is 13.8 Å². The Hall–Kier alpha value is -1.96. The molecule has 0 bridgehead atoms. The summed E-state index contributed by atoms with van der Waals surface area (Å²) in [7, 11) is 0. The van der Waals surface area contributed by atoms with Crippen LogP contribution in [0.4, 0.5) is 5.69 Å². The molecule has 2 aliphatic heterocycles. The van der Waals surface area contributed by atoms with Crippen molar-refractivity contribution in [1.82, 2.24) is 14.7 Å². The summed E-state index contributed by atoms with van der Waals surface area (Å²) in [5, 5.41) is 3.04. The molecule has 2 heterocycles. The Morgan fingerprint density at radius 1 is 0.966 bits per heavy atom. The number of hydrogen-bond acceptors (Lipinski definition) is 5. The normalized spacial score (nSPS) is 23.8. The van der Waals surface area contributed by atoms with Gasteiger partial charge in [0.1, 0.15) is 0 Å². The number of morpholine rings is 1. The van der Waals surface area contributed by atoms with Crippen molar-refractivity contribution < 1.29 is 14.3 Å². The maximum Gasteiger partial charge on any atom is 0.238 e. The van der Waals surface area contributed by atoms with Gasteiger partial charge in [-0.1, -0.05) is 18.2 Å². The molecule has 7 nitrogen and oxygen atoms in total. The topological polar surface area (TPSA) is 65.1 Å². The Balaban J connectivity index is 1.43. The molecule has 2 fully saturated rings. The quantitative estimate of drug-likeness (QED) is 0.809. The minimum Gasteiger partial charge on any atom is -0.373 e. The molecule has 160 valence electrons. The highest BCUT2D eigenvalue weighted by atomic mass is 16.5. The molecule has 29 heavy (non-hydrogen) atoms. The number of rotatable bonds is 5. The first-order valence-electron chi connectivity index (χ1n) is 10.6. The number of carbonyl (C=O) groups is 2. The summed E-state index contributed by atoms with van der Waals surface area (Å²) in [5.74, 6) is 0.171. The van der Waals surface area contributed by atoms with Crippen molar-refractivity contribution in [2.24, 2.45) is 0 Å². The van der Waals surface area contributed by atoms with E-state index in [0.29, 0.717) is 26.2 Å². The molecule has 7 heteroatoms. The van der Waals surface area contributed by atoms with Crippen molar-refractivity contribution in [3.63, 3.8) is 0 Å². The summed E-state index contributed by atoms with van der Waals surface area (Å²) in [4.78, 5) is 31.4. The molecule has 0 radical (unpaired) electrons. The van der Waals surface area contributed by atoms with Crippen LogP contribution in [0.5, 0.6) is 0 Å². The molecule has 1 aromatic carbocycles. The molecule has 2 saturated heterocycles. The Labute approximate surface area is 174 Å². The number of para-hydroxylation sites is 1. The lowest BCUT2D eigenvalue weighted by molar-refractivity contribution is -0.137. The number of benzene rings is 1. The van der Waals surface area contributed by atoms with Crippen molar-refractivity contribution in [2.75, 3.05) is 57.7 Å².